The second-order valence-corrected chi connectivity index (χ2v) is 8.48. The molecule has 0 radical (unpaired) electrons. The SMILES string of the molecule is CN(C(=O)Nc1ccc(Cl)c(Cl)c1)C(=O)c1cccc2c1C(=O)N(C1CCC(=O)NC1=O)C2. The van der Waals surface area contributed by atoms with E-state index in [1.54, 1.807) is 12.1 Å². The third-order valence-corrected chi connectivity index (χ3v) is 6.30. The Morgan fingerprint density at radius 1 is 1.12 bits per heavy atom. The van der Waals surface area contributed by atoms with Crippen LogP contribution in [0, 0.1) is 0 Å². The molecule has 1 fully saturated rings. The smallest absolute Gasteiger partial charge is 0.322 e. The maximum absolute atomic E-state index is 13.2. The molecule has 6 amide bonds. The van der Waals surface area contributed by atoms with Gasteiger partial charge in [0, 0.05) is 25.7 Å². The first kappa shape index (κ1) is 22.8. The van der Waals surface area contributed by atoms with E-state index in [0.717, 1.165) is 4.90 Å². The lowest BCUT2D eigenvalue weighted by molar-refractivity contribution is -0.136. The first-order chi connectivity index (χ1) is 15.7. The lowest BCUT2D eigenvalue weighted by Crippen LogP contribution is -2.52. The van der Waals surface area contributed by atoms with Crippen LogP contribution in [-0.2, 0) is 16.1 Å². The van der Waals surface area contributed by atoms with Crippen molar-refractivity contribution < 1.29 is 24.0 Å². The molecule has 170 valence electrons. The molecule has 9 nitrogen and oxygen atoms in total. The maximum Gasteiger partial charge on any atom is 0.328 e. The van der Waals surface area contributed by atoms with Gasteiger partial charge in [0.2, 0.25) is 11.8 Å². The van der Waals surface area contributed by atoms with Crippen molar-refractivity contribution in [2.24, 2.45) is 0 Å². The number of amides is 6. The predicted octanol–water partition coefficient (Wildman–Crippen LogP) is 3.06. The molecule has 2 aliphatic heterocycles. The summed E-state index contributed by atoms with van der Waals surface area (Å²) in [6.45, 7) is 0.126. The van der Waals surface area contributed by atoms with E-state index in [1.807, 2.05) is 0 Å². The molecule has 4 rings (SSSR count). The Balaban J connectivity index is 1.55. The first-order valence-electron chi connectivity index (χ1n) is 9.98. The average Bonchev–Trinajstić information content (AvgIpc) is 3.11. The summed E-state index contributed by atoms with van der Waals surface area (Å²) in [5, 5.41) is 5.35. The number of carbonyl (C=O) groups is 5. The molecule has 0 saturated carbocycles. The summed E-state index contributed by atoms with van der Waals surface area (Å²) in [7, 11) is 1.28. The molecule has 33 heavy (non-hydrogen) atoms. The number of piperidine rings is 1. The summed E-state index contributed by atoms with van der Waals surface area (Å²) in [5.41, 5.74) is 1.08. The second kappa shape index (κ2) is 8.84. The quantitative estimate of drug-likeness (QED) is 0.644. The molecule has 0 aliphatic carbocycles. The monoisotopic (exact) mass is 488 g/mol. The molecule has 2 N–H and O–H groups in total. The van der Waals surface area contributed by atoms with Crippen molar-refractivity contribution in [2.45, 2.75) is 25.4 Å². The largest absolute Gasteiger partial charge is 0.328 e. The molecular weight excluding hydrogens is 471 g/mol. The van der Waals surface area contributed by atoms with E-state index in [4.69, 9.17) is 23.2 Å². The van der Waals surface area contributed by atoms with Crippen LogP contribution in [0.5, 0.6) is 0 Å². The molecular formula is C22H18Cl2N4O5. The fraction of sp³-hybridized carbons (Fsp3) is 0.227. The predicted molar refractivity (Wildman–Crippen MR) is 120 cm³/mol. The number of halogens is 2. The molecule has 11 heteroatoms. The molecule has 2 aliphatic rings. The van der Waals surface area contributed by atoms with Crippen LogP contribution in [0.2, 0.25) is 10.0 Å². The molecule has 1 atom stereocenters. The lowest BCUT2D eigenvalue weighted by Gasteiger charge is -2.29. The molecule has 0 aromatic heterocycles. The van der Waals surface area contributed by atoms with E-state index in [-0.39, 0.29) is 41.4 Å². The molecule has 1 saturated heterocycles. The van der Waals surface area contributed by atoms with Gasteiger partial charge in [0.05, 0.1) is 21.2 Å². The summed E-state index contributed by atoms with van der Waals surface area (Å²) in [6, 6.07) is 7.70. The van der Waals surface area contributed by atoms with Gasteiger partial charge in [-0.25, -0.2) is 4.79 Å². The molecule has 2 aromatic rings. The van der Waals surface area contributed by atoms with Gasteiger partial charge in [-0.1, -0.05) is 35.3 Å². The summed E-state index contributed by atoms with van der Waals surface area (Å²) in [6.07, 6.45) is 0.333. The minimum Gasteiger partial charge on any atom is -0.322 e. The van der Waals surface area contributed by atoms with Gasteiger partial charge in [-0.3, -0.25) is 29.4 Å². The number of hydrogen-bond acceptors (Lipinski definition) is 5. The van der Waals surface area contributed by atoms with Crippen LogP contribution in [0.15, 0.2) is 36.4 Å². The van der Waals surface area contributed by atoms with Gasteiger partial charge in [0.15, 0.2) is 0 Å². The molecule has 1 unspecified atom stereocenters. The number of carbonyl (C=O) groups excluding carboxylic acids is 5. The Morgan fingerprint density at radius 3 is 2.58 bits per heavy atom. The van der Waals surface area contributed by atoms with Crippen LogP contribution in [0.3, 0.4) is 0 Å². The average molecular weight is 489 g/mol. The molecule has 2 aromatic carbocycles. The van der Waals surface area contributed by atoms with Crippen molar-refractivity contribution in [3.05, 3.63) is 63.1 Å². The van der Waals surface area contributed by atoms with Gasteiger partial charge < -0.3 is 10.2 Å². The number of urea groups is 1. The highest BCUT2D eigenvalue weighted by Crippen LogP contribution is 2.30. The van der Waals surface area contributed by atoms with Crippen LogP contribution in [0.25, 0.3) is 0 Å². The molecule has 0 bridgehead atoms. The van der Waals surface area contributed by atoms with E-state index >= 15 is 0 Å². The Kier molecular flexibility index (Phi) is 6.09. The Hall–Kier alpha value is -3.43. The van der Waals surface area contributed by atoms with Crippen molar-refractivity contribution in [3.8, 4) is 0 Å². The van der Waals surface area contributed by atoms with Crippen molar-refractivity contribution in [1.82, 2.24) is 15.1 Å². The molecule has 0 spiro atoms. The first-order valence-corrected chi connectivity index (χ1v) is 10.7. The minimum absolute atomic E-state index is 0.0408. The number of nitrogens with zero attached hydrogens (tertiary/aromatic N) is 2. The fourth-order valence-electron chi connectivity index (χ4n) is 3.85. The highest BCUT2D eigenvalue weighted by Gasteiger charge is 2.41. The highest BCUT2D eigenvalue weighted by molar-refractivity contribution is 6.42. The van der Waals surface area contributed by atoms with Crippen LogP contribution in [-0.4, -0.2) is 52.5 Å². The van der Waals surface area contributed by atoms with Crippen molar-refractivity contribution >= 4 is 58.5 Å². The summed E-state index contributed by atoms with van der Waals surface area (Å²) < 4.78 is 0. The number of nitrogens with one attached hydrogen (secondary N) is 2. The minimum atomic E-state index is -0.804. The van der Waals surface area contributed by atoms with E-state index in [0.29, 0.717) is 16.3 Å². The zero-order valence-electron chi connectivity index (χ0n) is 17.4. The van der Waals surface area contributed by atoms with Gasteiger partial charge in [0.25, 0.3) is 11.8 Å². The second-order valence-electron chi connectivity index (χ2n) is 7.66. The number of benzene rings is 2. The van der Waals surface area contributed by atoms with Gasteiger partial charge >= 0.3 is 6.03 Å². The van der Waals surface area contributed by atoms with Crippen molar-refractivity contribution in [2.75, 3.05) is 12.4 Å². The number of imide groups is 2. The normalized spacial score (nSPS) is 17.5. The number of hydrogen-bond donors (Lipinski definition) is 2. The number of rotatable bonds is 3. The summed E-state index contributed by atoms with van der Waals surface area (Å²) in [5.74, 6) is -2.12. The zero-order chi connectivity index (χ0) is 23.9. The summed E-state index contributed by atoms with van der Waals surface area (Å²) in [4.78, 5) is 64.8. The summed E-state index contributed by atoms with van der Waals surface area (Å²) >= 11 is 11.8. The van der Waals surface area contributed by atoms with Crippen molar-refractivity contribution in [3.63, 3.8) is 0 Å². The molecule has 2 heterocycles. The van der Waals surface area contributed by atoms with E-state index in [2.05, 4.69) is 10.6 Å². The van der Waals surface area contributed by atoms with Crippen LogP contribution >= 0.6 is 23.2 Å². The number of anilines is 1. The van der Waals surface area contributed by atoms with Crippen LogP contribution in [0.1, 0.15) is 39.1 Å². The fourth-order valence-corrected chi connectivity index (χ4v) is 4.15. The Bertz CT molecular complexity index is 1220. The Morgan fingerprint density at radius 2 is 1.88 bits per heavy atom. The Labute approximate surface area is 198 Å². The van der Waals surface area contributed by atoms with Crippen molar-refractivity contribution in [1.29, 1.82) is 0 Å². The number of fused-ring (bicyclic) bond motifs is 1. The standard InChI is InChI=1S/C22H18Cl2N4O5/c1-27(22(33)25-12-5-6-14(23)15(24)9-12)20(31)13-4-2-3-11-10-28(21(32)18(11)13)16-7-8-17(29)26-19(16)30/h2-6,9,16H,7-8,10H2,1H3,(H,25,33)(H,26,29,30). The van der Waals surface area contributed by atoms with Crippen LogP contribution < -0.4 is 10.6 Å². The maximum atomic E-state index is 13.2. The topological polar surface area (TPSA) is 116 Å². The van der Waals surface area contributed by atoms with Gasteiger partial charge in [-0.15, -0.1) is 0 Å². The zero-order valence-corrected chi connectivity index (χ0v) is 18.9. The van der Waals surface area contributed by atoms with E-state index < -0.39 is 29.8 Å². The lowest BCUT2D eigenvalue weighted by atomic mass is 10.0. The third kappa shape index (κ3) is 4.29. The van der Waals surface area contributed by atoms with Gasteiger partial charge in [0.1, 0.15) is 6.04 Å². The van der Waals surface area contributed by atoms with E-state index in [1.165, 1.54) is 36.2 Å². The third-order valence-electron chi connectivity index (χ3n) is 5.56. The van der Waals surface area contributed by atoms with E-state index in [9.17, 15) is 24.0 Å². The van der Waals surface area contributed by atoms with Gasteiger partial charge in [-0.2, -0.15) is 0 Å². The highest BCUT2D eigenvalue weighted by atomic mass is 35.5. The van der Waals surface area contributed by atoms with Crippen LogP contribution in [0.4, 0.5) is 10.5 Å². The van der Waals surface area contributed by atoms with Gasteiger partial charge in [-0.05, 0) is 36.2 Å².